The third-order valence-electron chi connectivity index (χ3n) is 18.7. The molecule has 138 heavy (non-hydrogen) atoms. The van der Waals surface area contributed by atoms with Gasteiger partial charge in [0.1, 0.15) is 33.9 Å². The summed E-state index contributed by atoms with van der Waals surface area (Å²) in [5.74, 6) is -7.26. The Bertz CT molecular complexity index is 11100. The third-order valence-corrected chi connectivity index (χ3v) is 18.7. The van der Waals surface area contributed by atoms with Crippen LogP contribution in [0.15, 0.2) is 255 Å². The SMILES string of the molecule is [2H]c1c(C([2H])([2H])[2H])c([2H])n2c(C([2H])([2H])C(=O)N(C)C([2H])([2H])[2H])c(-c3ccc(C)cc3)nc2c1[2H].[2H]c1c(C)c([2H])n2c(C([2H])([2H])C(=O)N(C)C([2H])([2H])[2H])c(-c3ccc(C)cc3)nc2c1[2H].[2H]c1c([2H])c(-c2nc3c([2H])c([2H])c(C([2H])([2H])[2H])c([2H])n3c2C([2H])([2H])C(=O)N(C)C)c([2H])c([2H])c1C.[2H]c1c([2H])c(-c2nc3c([2H])c([2H])c(C)c([2H])n3c2C([2H])([2H])C(=O)N(C)C)c([2H])c([2H])c1C.[2H]c1c([2H])c(C([2H])([2H])[2H])c([2H])c([2H])c1-c1nc2c([2H])c([2H])c(C([2H])([2H])[2H])c([2H])n2c1C([2H])([2H])C(=O)N(C)C.[2H]c1c([2H])c(C([2H])([2H])[2H])c([2H])c([2H])c1-c1nc2c([2H])c([2H])c(C)c([2H])n2c1C([2H])([2H])C(=O)N(C)C. The molecule has 24 heteroatoms. The molecule has 0 aliphatic carbocycles. The quantitative estimate of drug-likeness (QED) is 0.0782. The van der Waals surface area contributed by atoms with E-state index in [0.29, 0.717) is 29.2 Å². The van der Waals surface area contributed by atoms with Gasteiger partial charge < -0.3 is 55.8 Å². The van der Waals surface area contributed by atoms with Gasteiger partial charge in [-0.05, 0) is 152 Å². The van der Waals surface area contributed by atoms with Gasteiger partial charge in [0.15, 0.2) is 0 Å². The van der Waals surface area contributed by atoms with Crippen molar-refractivity contribution in [1.82, 2.24) is 85.7 Å². The molecule has 0 saturated heterocycles. The van der Waals surface area contributed by atoms with Gasteiger partial charge in [-0.15, -0.1) is 0 Å². The number of carbonyl (C=O) groups is 6. The van der Waals surface area contributed by atoms with Crippen LogP contribution in [0.25, 0.3) is 101 Å². The van der Waals surface area contributed by atoms with Crippen LogP contribution in [0.5, 0.6) is 0 Å². The fourth-order valence-electron chi connectivity index (χ4n) is 11.8. The van der Waals surface area contributed by atoms with E-state index >= 15 is 0 Å². The molecule has 18 aromatic rings. The minimum atomic E-state index is -3.14. The molecule has 0 bridgehead atoms. The molecule has 0 aliphatic heterocycles. The monoisotopic (exact) mass is 1910 g/mol. The smallest absolute Gasteiger partial charge is 0.228 e. The Morgan fingerprint density at radius 3 is 0.594 bits per heavy atom. The number of imidazole rings is 6. The van der Waals surface area contributed by atoms with Crippen molar-refractivity contribution in [2.24, 2.45) is 0 Å². The number of fused-ring (bicyclic) bond motifs is 6. The Kier molecular flexibility index (Phi) is 14.1. The van der Waals surface area contributed by atoms with E-state index in [2.05, 4.69) is 29.9 Å². The number of aryl methyl sites for hydroxylation is 2. The zero-order chi connectivity index (χ0) is 157. The molecule has 24 nitrogen and oxygen atoms in total. The van der Waals surface area contributed by atoms with Crippen LogP contribution in [-0.4, -0.2) is 206 Å². The van der Waals surface area contributed by atoms with Crippen LogP contribution >= 0.6 is 0 Å². The van der Waals surface area contributed by atoms with Gasteiger partial charge in [-0.25, -0.2) is 29.9 Å². The van der Waals surface area contributed by atoms with Gasteiger partial charge in [0.05, 0.1) is 153 Å². The Morgan fingerprint density at radius 2 is 0.399 bits per heavy atom. The van der Waals surface area contributed by atoms with Gasteiger partial charge in [-0.2, -0.15) is 0 Å². The first-order valence-electron chi connectivity index (χ1n) is 74.1. The van der Waals surface area contributed by atoms with Crippen LogP contribution in [0.2, 0.25) is 0 Å². The highest BCUT2D eigenvalue weighted by molar-refractivity contribution is 5.87. The van der Waals surface area contributed by atoms with Gasteiger partial charge in [0, 0.05) is 200 Å². The second-order valence-electron chi connectivity index (χ2n) is 30.5. The Morgan fingerprint density at radius 1 is 0.225 bits per heavy atom. The summed E-state index contributed by atoms with van der Waals surface area (Å²) in [4.78, 5) is 107. The van der Waals surface area contributed by atoms with Gasteiger partial charge >= 0.3 is 0 Å². The first-order valence-corrected chi connectivity index (χ1v) is 40.6. The number of nitrogens with zero attached hydrogens (tertiary/aromatic N) is 18. The summed E-state index contributed by atoms with van der Waals surface area (Å²) in [7, 11) is 12.1. The Balaban J connectivity index is 0.000000197. The topological polar surface area (TPSA) is 226 Å². The average Bonchev–Trinajstić information content (AvgIpc) is 1.58. The molecule has 0 unspecified atom stereocenters. The summed E-state index contributed by atoms with van der Waals surface area (Å²) >= 11 is 0. The van der Waals surface area contributed by atoms with E-state index < -0.39 is 392 Å². The lowest BCUT2D eigenvalue weighted by molar-refractivity contribution is -0.128. The van der Waals surface area contributed by atoms with Crippen molar-refractivity contribution in [3.8, 4) is 67.5 Å². The highest BCUT2D eigenvalue weighted by atomic mass is 16.2. The second kappa shape index (κ2) is 43.7. The maximum Gasteiger partial charge on any atom is 0.228 e. The molecule has 0 spiro atoms. The molecule has 0 radical (unpaired) electrons. The highest BCUT2D eigenvalue weighted by Crippen LogP contribution is 2.34. The van der Waals surface area contributed by atoms with Gasteiger partial charge in [0.2, 0.25) is 35.4 Å². The first-order chi connectivity index (χ1) is 93.1. The number of hydrogen-bond donors (Lipinski definition) is 0. The Hall–Kier alpha value is -15.7. The highest BCUT2D eigenvalue weighted by Gasteiger charge is 2.26. The number of likely N-dealkylation sites (N-methyl/N-ethyl adjacent to an activating group) is 6. The molecule has 0 saturated carbocycles. The van der Waals surface area contributed by atoms with E-state index in [1.807, 2.05) is 6.92 Å². The number of carbonyl (C=O) groups excluding carboxylic acids is 6. The third kappa shape index (κ3) is 24.1. The van der Waals surface area contributed by atoms with Crippen LogP contribution < -0.4 is 0 Å². The van der Waals surface area contributed by atoms with Crippen LogP contribution in [0, 0.1) is 82.7 Å². The summed E-state index contributed by atoms with van der Waals surface area (Å²) in [5, 5.41) is 0. The molecule has 0 N–H and O–H groups in total. The fourth-order valence-corrected chi connectivity index (χ4v) is 11.8. The van der Waals surface area contributed by atoms with Crippen molar-refractivity contribution in [1.29, 1.82) is 0 Å². The maximum absolute atomic E-state index is 13.0. The van der Waals surface area contributed by atoms with Crippen molar-refractivity contribution in [2.45, 2.75) is 121 Å². The van der Waals surface area contributed by atoms with Crippen LogP contribution in [-0.2, 0) is 67.0 Å². The zero-order valence-corrected chi connectivity index (χ0v) is 76.6. The first kappa shape index (κ1) is 44.4. The Labute approximate surface area is 903 Å². The molecule has 12 aromatic heterocycles. The van der Waals surface area contributed by atoms with Crippen molar-refractivity contribution in [2.75, 3.05) is 84.4 Å². The molecular formula is C114H126N18O6. The molecule has 708 valence electrons. The number of pyridine rings is 6. The number of aromatic nitrogens is 12. The van der Waals surface area contributed by atoms with E-state index in [1.165, 1.54) is 91.0 Å². The van der Waals surface area contributed by atoms with Gasteiger partial charge in [0.25, 0.3) is 0 Å². The molecular weight excluding hydrogens is 1720 g/mol. The van der Waals surface area contributed by atoms with E-state index in [4.69, 9.17) is 91.8 Å². The van der Waals surface area contributed by atoms with E-state index in [-0.39, 0.29) is 121 Å². The summed E-state index contributed by atoms with van der Waals surface area (Å²) in [6.45, 7) is -10.3. The predicted molar refractivity (Wildman–Crippen MR) is 555 cm³/mol. The van der Waals surface area contributed by atoms with Crippen molar-refractivity contribution < 1.29 is 121 Å². The summed E-state index contributed by atoms with van der Waals surface area (Å²) in [5.41, 5.74) is -12.3. The number of benzene rings is 6. The molecule has 6 aromatic carbocycles. The van der Waals surface area contributed by atoms with Gasteiger partial charge in [-0.3, -0.25) is 28.8 Å². The number of amides is 6. The lowest BCUT2D eigenvalue weighted by Crippen LogP contribution is -2.24. The maximum atomic E-state index is 13.0. The van der Waals surface area contributed by atoms with Crippen LogP contribution in [0.4, 0.5) is 0 Å². The summed E-state index contributed by atoms with van der Waals surface area (Å²) in [6.07, 6.45) is -21.7. The minimum absolute atomic E-state index is 0.00397. The largest absolute Gasteiger partial charge is 0.348 e. The normalized spacial score (nSPS) is 19.2. The summed E-state index contributed by atoms with van der Waals surface area (Å²) < 4.78 is 549. The second-order valence-corrected chi connectivity index (χ2v) is 30.5. The fraction of sp³-hybridized carbons (Fsp3) is 0.263. The van der Waals surface area contributed by atoms with Crippen molar-refractivity contribution in [3.05, 3.63) is 356 Å². The molecule has 0 fully saturated rings. The molecule has 12 heterocycles. The summed E-state index contributed by atoms with van der Waals surface area (Å²) in [6, 6.07) is -4.67. The predicted octanol–water partition coefficient (Wildman–Crippen LogP) is 19.5. The number of rotatable bonds is 18. The van der Waals surface area contributed by atoms with Crippen LogP contribution in [0.3, 0.4) is 0 Å². The van der Waals surface area contributed by atoms with E-state index in [1.54, 1.807) is 55.5 Å². The van der Waals surface area contributed by atoms with E-state index in [9.17, 15) is 28.8 Å². The number of hydrogen-bond acceptors (Lipinski definition) is 12. The molecule has 0 aliphatic rings. The lowest BCUT2D eigenvalue weighted by atomic mass is 10.1. The minimum Gasteiger partial charge on any atom is -0.348 e. The van der Waals surface area contributed by atoms with Gasteiger partial charge in [-0.1, -0.05) is 215 Å². The molecule has 6 amide bonds. The average molecular weight is 1910 g/mol. The molecule has 18 rings (SSSR count). The standard InChI is InChI=1S/6C19H21N3O/c6*1-13-5-8-15(9-6-13)19-16(11-18(23)21(3)4)22-12-14(2)7-10-17(22)20-19/h6*5-10,12H,11H2,1-4H3/i1D3,2D3,5D,6D,7D,8D,9D,10D,11D2,12D;2D3,5D,6D,7D,8D,9D,10D,11D2,12D;1D3,5D,6D,7D,8D,9D,10D,11D2,12D;5D,6D,7D,8D,9D,10D,11D2,12D;2D3,3D3,7D,10D,11D2,12D;3D3,7D,10D,11D2,12D. The van der Waals surface area contributed by atoms with Crippen molar-refractivity contribution in [3.63, 3.8) is 0 Å². The van der Waals surface area contributed by atoms with E-state index in [0.717, 1.165) is 58.0 Å². The zero-order valence-electron chi connectivity index (χ0n) is 144. The lowest BCUT2D eigenvalue weighted by Gasteiger charge is -2.11. The van der Waals surface area contributed by atoms with Crippen LogP contribution in [0.1, 0.15) is 193 Å². The van der Waals surface area contributed by atoms with Crippen molar-refractivity contribution >= 4 is 69.3 Å². The molecule has 0 atom stereocenters.